The number of nitrogens with one attached hydrogen (secondary N) is 2. The van der Waals surface area contributed by atoms with Crippen LogP contribution < -0.4 is 10.6 Å². The number of hydrogen-bond donors (Lipinski definition) is 2. The lowest BCUT2D eigenvalue weighted by Crippen LogP contribution is -2.44. The van der Waals surface area contributed by atoms with E-state index in [1.165, 1.54) is 0 Å². The molecule has 2 heterocycles. The number of nitrogens with zero attached hydrogens (tertiary/aromatic N) is 1. The molecule has 0 spiro atoms. The first-order valence-electron chi connectivity index (χ1n) is 6.89. The molecular weight excluding hydrogens is 242 g/mol. The van der Waals surface area contributed by atoms with E-state index in [2.05, 4.69) is 15.5 Å². The second kappa shape index (κ2) is 6.73. The second-order valence-electron chi connectivity index (χ2n) is 5.18. The van der Waals surface area contributed by atoms with Gasteiger partial charge in [-0.25, -0.2) is 0 Å². The molecule has 2 unspecified atom stereocenters. The summed E-state index contributed by atoms with van der Waals surface area (Å²) in [4.78, 5) is 14.3. The molecule has 5 nitrogen and oxygen atoms in total. The van der Waals surface area contributed by atoms with Crippen molar-refractivity contribution in [1.82, 2.24) is 15.5 Å². The van der Waals surface area contributed by atoms with Crippen molar-refractivity contribution >= 4 is 5.91 Å². The van der Waals surface area contributed by atoms with Crippen LogP contribution in [0.25, 0.3) is 0 Å². The van der Waals surface area contributed by atoms with Gasteiger partial charge in [0.25, 0.3) is 0 Å². The smallest absolute Gasteiger partial charge is 0.237 e. The molecule has 5 heteroatoms. The van der Waals surface area contributed by atoms with Gasteiger partial charge in [0.05, 0.1) is 18.8 Å². The molecule has 1 aromatic heterocycles. The molecule has 1 saturated heterocycles. The zero-order valence-corrected chi connectivity index (χ0v) is 11.7. The van der Waals surface area contributed by atoms with Crippen LogP contribution in [0.1, 0.15) is 19.1 Å². The van der Waals surface area contributed by atoms with Crippen LogP contribution in [0.5, 0.6) is 0 Å². The second-order valence-corrected chi connectivity index (χ2v) is 5.18. The first-order chi connectivity index (χ1) is 9.20. The number of carbonyl (C=O) groups excluding carboxylic acids is 1. The van der Waals surface area contributed by atoms with E-state index < -0.39 is 0 Å². The molecule has 1 aliphatic rings. The number of hydrogen-bond acceptors (Lipinski definition) is 4. The summed E-state index contributed by atoms with van der Waals surface area (Å²) in [5.41, 5.74) is 0. The molecule has 2 N–H and O–H groups in total. The molecular formula is C14H23N3O2. The minimum absolute atomic E-state index is 0.0708. The summed E-state index contributed by atoms with van der Waals surface area (Å²) in [6.45, 7) is 5.46. The van der Waals surface area contributed by atoms with E-state index in [9.17, 15) is 4.79 Å². The maximum absolute atomic E-state index is 12.1. The van der Waals surface area contributed by atoms with Crippen LogP contribution in [0, 0.1) is 5.92 Å². The van der Waals surface area contributed by atoms with Crippen LogP contribution in [0.4, 0.5) is 0 Å². The molecule has 0 saturated carbocycles. The first kappa shape index (κ1) is 14.1. The van der Waals surface area contributed by atoms with E-state index in [1.807, 2.05) is 26.1 Å². The number of likely N-dealkylation sites (tertiary alicyclic amines) is 1. The topological polar surface area (TPSA) is 57.5 Å². The minimum atomic E-state index is -0.0724. The van der Waals surface area contributed by atoms with Crippen molar-refractivity contribution in [3.63, 3.8) is 0 Å². The first-order valence-corrected chi connectivity index (χ1v) is 6.89. The Hall–Kier alpha value is -1.33. The third kappa shape index (κ3) is 3.81. The van der Waals surface area contributed by atoms with Gasteiger partial charge in [-0.1, -0.05) is 0 Å². The lowest BCUT2D eigenvalue weighted by molar-refractivity contribution is -0.125. The van der Waals surface area contributed by atoms with Crippen molar-refractivity contribution in [3.8, 4) is 0 Å². The van der Waals surface area contributed by atoms with Gasteiger partial charge in [-0.15, -0.1) is 0 Å². The van der Waals surface area contributed by atoms with Crippen LogP contribution >= 0.6 is 0 Å². The molecule has 2 atom stereocenters. The number of furan rings is 1. The van der Waals surface area contributed by atoms with Crippen molar-refractivity contribution in [2.75, 3.05) is 26.7 Å². The molecule has 1 aliphatic heterocycles. The number of carbonyl (C=O) groups is 1. The standard InChI is InChI=1S/C14H23N3O2/c1-11(17-6-5-12(10-17)8-15-2)14(18)16-9-13-4-3-7-19-13/h3-4,7,11-12,15H,5-6,8-10H2,1-2H3,(H,16,18). The summed E-state index contributed by atoms with van der Waals surface area (Å²) < 4.78 is 5.20. The van der Waals surface area contributed by atoms with E-state index in [4.69, 9.17) is 4.42 Å². The summed E-state index contributed by atoms with van der Waals surface area (Å²) in [5, 5.41) is 6.12. The van der Waals surface area contributed by atoms with Gasteiger partial charge in [0.15, 0.2) is 0 Å². The Morgan fingerprint density at radius 1 is 1.63 bits per heavy atom. The van der Waals surface area contributed by atoms with Crippen LogP contribution in [0.15, 0.2) is 22.8 Å². The maximum Gasteiger partial charge on any atom is 0.237 e. The summed E-state index contributed by atoms with van der Waals surface area (Å²) in [6, 6.07) is 3.62. The van der Waals surface area contributed by atoms with Crippen molar-refractivity contribution < 1.29 is 9.21 Å². The van der Waals surface area contributed by atoms with Crippen LogP contribution in [0.3, 0.4) is 0 Å². The van der Waals surface area contributed by atoms with Gasteiger partial charge < -0.3 is 15.1 Å². The Balaban J connectivity index is 1.76. The Morgan fingerprint density at radius 2 is 2.47 bits per heavy atom. The number of rotatable bonds is 6. The van der Waals surface area contributed by atoms with Gasteiger partial charge in [0.1, 0.15) is 5.76 Å². The highest BCUT2D eigenvalue weighted by molar-refractivity contribution is 5.81. The summed E-state index contributed by atoms with van der Waals surface area (Å²) in [6.07, 6.45) is 2.78. The third-order valence-electron chi connectivity index (χ3n) is 3.75. The highest BCUT2D eigenvalue weighted by atomic mass is 16.3. The zero-order valence-electron chi connectivity index (χ0n) is 11.7. The van der Waals surface area contributed by atoms with Gasteiger partial charge >= 0.3 is 0 Å². The average Bonchev–Trinajstić information content (AvgIpc) is 3.06. The number of amides is 1. The SMILES string of the molecule is CNCC1CCN(C(C)C(=O)NCc2ccco2)C1. The van der Waals surface area contributed by atoms with Gasteiger partial charge in [-0.2, -0.15) is 0 Å². The molecule has 2 rings (SSSR count). The summed E-state index contributed by atoms with van der Waals surface area (Å²) in [5.74, 6) is 1.52. The minimum Gasteiger partial charge on any atom is -0.467 e. The monoisotopic (exact) mass is 265 g/mol. The maximum atomic E-state index is 12.1. The molecule has 0 bridgehead atoms. The van der Waals surface area contributed by atoms with E-state index in [1.54, 1.807) is 6.26 Å². The lowest BCUT2D eigenvalue weighted by atomic mass is 10.1. The van der Waals surface area contributed by atoms with E-state index in [-0.39, 0.29) is 11.9 Å². The quantitative estimate of drug-likeness (QED) is 0.800. The van der Waals surface area contributed by atoms with Gasteiger partial charge in [0.2, 0.25) is 5.91 Å². The highest BCUT2D eigenvalue weighted by Gasteiger charge is 2.28. The molecule has 1 aromatic rings. The van der Waals surface area contributed by atoms with Gasteiger partial charge in [-0.05, 0) is 51.5 Å². The average molecular weight is 265 g/mol. The molecule has 1 amide bonds. The third-order valence-corrected chi connectivity index (χ3v) is 3.75. The molecule has 0 radical (unpaired) electrons. The zero-order chi connectivity index (χ0) is 13.7. The summed E-state index contributed by atoms with van der Waals surface area (Å²) >= 11 is 0. The van der Waals surface area contributed by atoms with Crippen LogP contribution in [-0.2, 0) is 11.3 Å². The fourth-order valence-electron chi connectivity index (χ4n) is 2.57. The fourth-order valence-corrected chi connectivity index (χ4v) is 2.57. The van der Waals surface area contributed by atoms with Gasteiger partial charge in [0, 0.05) is 6.54 Å². The van der Waals surface area contributed by atoms with Gasteiger partial charge in [-0.3, -0.25) is 9.69 Å². The largest absolute Gasteiger partial charge is 0.467 e. The van der Waals surface area contributed by atoms with Crippen LogP contribution in [0.2, 0.25) is 0 Å². The Labute approximate surface area is 114 Å². The summed E-state index contributed by atoms with van der Waals surface area (Å²) in [7, 11) is 1.97. The lowest BCUT2D eigenvalue weighted by Gasteiger charge is -2.23. The van der Waals surface area contributed by atoms with Crippen LogP contribution in [-0.4, -0.2) is 43.5 Å². The Bertz CT molecular complexity index is 391. The molecule has 106 valence electrons. The normalized spacial score (nSPS) is 21.5. The molecule has 0 aliphatic carbocycles. The fraction of sp³-hybridized carbons (Fsp3) is 0.643. The Morgan fingerprint density at radius 3 is 3.16 bits per heavy atom. The van der Waals surface area contributed by atoms with Crippen molar-refractivity contribution in [2.45, 2.75) is 25.9 Å². The molecule has 19 heavy (non-hydrogen) atoms. The Kier molecular flexibility index (Phi) is 4.99. The van der Waals surface area contributed by atoms with Crippen molar-refractivity contribution in [1.29, 1.82) is 0 Å². The molecule has 1 fully saturated rings. The van der Waals surface area contributed by atoms with E-state index >= 15 is 0 Å². The van der Waals surface area contributed by atoms with Crippen molar-refractivity contribution in [3.05, 3.63) is 24.2 Å². The van der Waals surface area contributed by atoms with E-state index in [0.717, 1.165) is 31.8 Å². The predicted octanol–water partition coefficient (Wildman–Crippen LogP) is 0.826. The highest BCUT2D eigenvalue weighted by Crippen LogP contribution is 2.18. The van der Waals surface area contributed by atoms with Crippen molar-refractivity contribution in [2.24, 2.45) is 5.92 Å². The predicted molar refractivity (Wildman–Crippen MR) is 73.6 cm³/mol. The molecule has 0 aromatic carbocycles. The van der Waals surface area contributed by atoms with E-state index in [0.29, 0.717) is 12.5 Å².